The Labute approximate surface area is 111 Å². The molecule has 0 atom stereocenters. The highest BCUT2D eigenvalue weighted by Crippen LogP contribution is 2.06. The van der Waals surface area contributed by atoms with Gasteiger partial charge in [-0.1, -0.05) is 44.4 Å². The maximum atomic E-state index is 10.3. The zero-order valence-electron chi connectivity index (χ0n) is 11.4. The maximum absolute atomic E-state index is 10.3. The molecule has 18 heavy (non-hydrogen) atoms. The van der Waals surface area contributed by atoms with Gasteiger partial charge in [0.15, 0.2) is 0 Å². The molecule has 0 rings (SSSR count). The van der Waals surface area contributed by atoms with Gasteiger partial charge >= 0.3 is 5.97 Å². The van der Waals surface area contributed by atoms with Gasteiger partial charge < -0.3 is 5.11 Å². The predicted molar refractivity (Wildman–Crippen MR) is 75.0 cm³/mol. The first-order valence-electron chi connectivity index (χ1n) is 6.95. The second-order valence-electron chi connectivity index (χ2n) is 4.37. The van der Waals surface area contributed by atoms with Gasteiger partial charge in [0.2, 0.25) is 0 Å². The molecule has 0 fully saturated rings. The van der Waals surface area contributed by atoms with E-state index in [-0.39, 0.29) is 0 Å². The average molecular weight is 248 g/mol. The van der Waals surface area contributed by atoms with Crippen LogP contribution in [-0.4, -0.2) is 11.1 Å². The molecule has 0 saturated heterocycles. The SMILES string of the molecule is CCCCC#CC#CCCCCCCCC(=O)O. The second kappa shape index (κ2) is 13.7. The first-order chi connectivity index (χ1) is 8.77. The van der Waals surface area contributed by atoms with E-state index in [1.54, 1.807) is 0 Å². The molecule has 0 heterocycles. The van der Waals surface area contributed by atoms with E-state index in [4.69, 9.17) is 5.11 Å². The van der Waals surface area contributed by atoms with E-state index in [0.29, 0.717) is 6.42 Å². The molecule has 0 unspecified atom stereocenters. The van der Waals surface area contributed by atoms with E-state index >= 15 is 0 Å². The lowest BCUT2D eigenvalue weighted by Crippen LogP contribution is -1.93. The van der Waals surface area contributed by atoms with Crippen molar-refractivity contribution in [2.24, 2.45) is 0 Å². The third kappa shape index (κ3) is 14.6. The Morgan fingerprint density at radius 2 is 1.44 bits per heavy atom. The summed E-state index contributed by atoms with van der Waals surface area (Å²) in [5, 5.41) is 8.46. The van der Waals surface area contributed by atoms with E-state index in [1.165, 1.54) is 6.42 Å². The summed E-state index contributed by atoms with van der Waals surface area (Å²) in [5.74, 6) is 11.1. The van der Waals surface area contributed by atoms with E-state index in [1.807, 2.05) is 0 Å². The van der Waals surface area contributed by atoms with Crippen molar-refractivity contribution in [1.29, 1.82) is 0 Å². The van der Waals surface area contributed by atoms with Gasteiger partial charge in [-0.2, -0.15) is 0 Å². The van der Waals surface area contributed by atoms with E-state index < -0.39 is 5.97 Å². The molecule has 0 aliphatic rings. The van der Waals surface area contributed by atoms with Gasteiger partial charge in [-0.05, 0) is 31.1 Å². The molecule has 2 heteroatoms. The number of hydrogen-bond donors (Lipinski definition) is 1. The van der Waals surface area contributed by atoms with Crippen LogP contribution in [0, 0.1) is 23.7 Å². The predicted octanol–water partition coefficient (Wildman–Crippen LogP) is 4.00. The molecule has 0 aliphatic heterocycles. The maximum Gasteiger partial charge on any atom is 0.303 e. The zero-order chi connectivity index (χ0) is 13.5. The van der Waals surface area contributed by atoms with Crippen LogP contribution in [0.4, 0.5) is 0 Å². The quantitative estimate of drug-likeness (QED) is 0.494. The monoisotopic (exact) mass is 248 g/mol. The minimum absolute atomic E-state index is 0.299. The first-order valence-corrected chi connectivity index (χ1v) is 6.95. The van der Waals surface area contributed by atoms with E-state index in [9.17, 15) is 4.79 Å². The first kappa shape index (κ1) is 16.6. The van der Waals surface area contributed by atoms with Crippen molar-refractivity contribution in [1.82, 2.24) is 0 Å². The summed E-state index contributed by atoms with van der Waals surface area (Å²) in [7, 11) is 0. The van der Waals surface area contributed by atoms with Crippen LogP contribution in [0.5, 0.6) is 0 Å². The summed E-state index contributed by atoms with van der Waals surface area (Å²) in [6, 6.07) is 0. The Kier molecular flexibility index (Phi) is 12.6. The number of rotatable bonds is 9. The molecule has 0 bridgehead atoms. The molecule has 0 aliphatic carbocycles. The largest absolute Gasteiger partial charge is 0.481 e. The number of carboxylic acid groups (broad SMARTS) is 1. The molecule has 0 saturated carbocycles. The molecular weight excluding hydrogens is 224 g/mol. The van der Waals surface area contributed by atoms with E-state index in [0.717, 1.165) is 51.4 Å². The topological polar surface area (TPSA) is 37.3 Å². The fourth-order valence-corrected chi connectivity index (χ4v) is 1.50. The van der Waals surface area contributed by atoms with Crippen molar-refractivity contribution in [3.63, 3.8) is 0 Å². The molecular formula is C16H24O2. The van der Waals surface area contributed by atoms with Crippen LogP contribution < -0.4 is 0 Å². The number of carbonyl (C=O) groups is 1. The highest BCUT2D eigenvalue weighted by atomic mass is 16.4. The Balaban J connectivity index is 3.26. The fourth-order valence-electron chi connectivity index (χ4n) is 1.50. The molecule has 0 spiro atoms. The van der Waals surface area contributed by atoms with Gasteiger partial charge in [-0.25, -0.2) is 0 Å². The van der Waals surface area contributed by atoms with Gasteiger partial charge in [0.05, 0.1) is 0 Å². The molecule has 2 nitrogen and oxygen atoms in total. The fraction of sp³-hybridized carbons (Fsp3) is 0.688. The van der Waals surface area contributed by atoms with Crippen LogP contribution in [0.1, 0.15) is 71.1 Å². The third-order valence-corrected chi connectivity index (χ3v) is 2.59. The van der Waals surface area contributed by atoms with Gasteiger partial charge in [-0.15, -0.1) is 0 Å². The molecule has 0 aromatic carbocycles. The van der Waals surface area contributed by atoms with Crippen LogP contribution in [0.25, 0.3) is 0 Å². The normalized spacial score (nSPS) is 8.94. The third-order valence-electron chi connectivity index (χ3n) is 2.59. The molecule has 0 aromatic heterocycles. The van der Waals surface area contributed by atoms with Crippen molar-refractivity contribution in [2.75, 3.05) is 0 Å². The Morgan fingerprint density at radius 3 is 2.06 bits per heavy atom. The van der Waals surface area contributed by atoms with Crippen LogP contribution in [-0.2, 0) is 4.79 Å². The van der Waals surface area contributed by atoms with Gasteiger partial charge in [0.25, 0.3) is 0 Å². The van der Waals surface area contributed by atoms with Crippen LogP contribution >= 0.6 is 0 Å². The summed E-state index contributed by atoms with van der Waals surface area (Å²) >= 11 is 0. The van der Waals surface area contributed by atoms with Crippen molar-refractivity contribution < 1.29 is 9.90 Å². The van der Waals surface area contributed by atoms with Crippen LogP contribution in [0.3, 0.4) is 0 Å². The van der Waals surface area contributed by atoms with Crippen molar-refractivity contribution in [3.05, 3.63) is 0 Å². The number of unbranched alkanes of at least 4 members (excludes halogenated alkanes) is 7. The highest BCUT2D eigenvalue weighted by Gasteiger charge is 1.95. The van der Waals surface area contributed by atoms with Gasteiger partial charge in [-0.3, -0.25) is 4.79 Å². The van der Waals surface area contributed by atoms with Crippen LogP contribution in [0.15, 0.2) is 0 Å². The standard InChI is InChI=1S/C16H24O2/c1-2-3-4-5-6-7-8-9-10-11-12-13-14-15-16(17)18/h2-4,9-15H2,1H3,(H,17,18). The minimum atomic E-state index is -0.692. The van der Waals surface area contributed by atoms with Gasteiger partial charge in [0, 0.05) is 19.3 Å². The molecule has 0 amide bonds. The summed E-state index contributed by atoms with van der Waals surface area (Å²) in [6.45, 7) is 2.16. The molecule has 0 aromatic rings. The number of aliphatic carboxylic acids is 1. The minimum Gasteiger partial charge on any atom is -0.481 e. The van der Waals surface area contributed by atoms with Gasteiger partial charge in [0.1, 0.15) is 0 Å². The van der Waals surface area contributed by atoms with Crippen LogP contribution in [0.2, 0.25) is 0 Å². The van der Waals surface area contributed by atoms with E-state index in [2.05, 4.69) is 30.6 Å². The Morgan fingerprint density at radius 1 is 0.889 bits per heavy atom. The summed E-state index contributed by atoms with van der Waals surface area (Å²) in [4.78, 5) is 10.3. The Bertz CT molecular complexity index is 322. The van der Waals surface area contributed by atoms with Crippen molar-refractivity contribution in [3.8, 4) is 23.7 Å². The second-order valence-corrected chi connectivity index (χ2v) is 4.37. The smallest absolute Gasteiger partial charge is 0.303 e. The summed E-state index contributed by atoms with van der Waals surface area (Å²) in [6.07, 6.45) is 9.64. The average Bonchev–Trinajstić information content (AvgIpc) is 2.34. The highest BCUT2D eigenvalue weighted by molar-refractivity contribution is 5.66. The summed E-state index contributed by atoms with van der Waals surface area (Å²) in [5.41, 5.74) is 0. The lowest BCUT2D eigenvalue weighted by molar-refractivity contribution is -0.137. The molecule has 100 valence electrons. The van der Waals surface area contributed by atoms with Crippen molar-refractivity contribution in [2.45, 2.75) is 71.1 Å². The lowest BCUT2D eigenvalue weighted by Gasteiger charge is -1.97. The number of carboxylic acids is 1. The molecule has 1 N–H and O–H groups in total. The summed E-state index contributed by atoms with van der Waals surface area (Å²) < 4.78 is 0. The zero-order valence-corrected chi connectivity index (χ0v) is 11.4. The lowest BCUT2D eigenvalue weighted by atomic mass is 10.1. The van der Waals surface area contributed by atoms with Crippen molar-refractivity contribution >= 4 is 5.97 Å². The number of hydrogen-bond acceptors (Lipinski definition) is 1. The Hall–Kier alpha value is -1.41. The molecule has 0 radical (unpaired) electrons.